The number of halogens is 1. The summed E-state index contributed by atoms with van der Waals surface area (Å²) in [5, 5.41) is 12.1. The van der Waals surface area contributed by atoms with Gasteiger partial charge in [-0.3, -0.25) is 9.59 Å². The van der Waals surface area contributed by atoms with E-state index in [9.17, 15) is 14.0 Å². The molecule has 34 heavy (non-hydrogen) atoms. The molecule has 2 aromatic carbocycles. The molecule has 0 bridgehead atoms. The van der Waals surface area contributed by atoms with E-state index in [0.717, 1.165) is 23.9 Å². The minimum Gasteiger partial charge on any atom is -0.384 e. The second-order valence-electron chi connectivity index (χ2n) is 8.53. The SMILES string of the molecule is C=CC(=O)C1C[C@@]12CNc1cc(Nc3nc(Nc4ccc(NC(C)=O)cc4)ncc3F)ccc12. The van der Waals surface area contributed by atoms with Gasteiger partial charge in [0.1, 0.15) is 0 Å². The molecule has 1 aliphatic carbocycles. The molecule has 1 amide bonds. The smallest absolute Gasteiger partial charge is 0.229 e. The summed E-state index contributed by atoms with van der Waals surface area (Å²) in [5.74, 6) is -0.445. The summed E-state index contributed by atoms with van der Waals surface area (Å²) >= 11 is 0. The van der Waals surface area contributed by atoms with Gasteiger partial charge in [-0.25, -0.2) is 9.37 Å². The Hall–Kier alpha value is -4.27. The third-order valence-corrected chi connectivity index (χ3v) is 6.24. The molecule has 1 aromatic heterocycles. The first-order chi connectivity index (χ1) is 16.4. The summed E-state index contributed by atoms with van der Waals surface area (Å²) in [6.45, 7) is 5.74. The average Bonchev–Trinajstić information content (AvgIpc) is 3.45. The maximum atomic E-state index is 14.4. The highest BCUT2D eigenvalue weighted by molar-refractivity contribution is 5.96. The summed E-state index contributed by atoms with van der Waals surface area (Å²) in [7, 11) is 0. The van der Waals surface area contributed by atoms with E-state index < -0.39 is 5.82 Å². The first-order valence-electron chi connectivity index (χ1n) is 10.9. The second kappa shape index (κ2) is 8.26. The highest BCUT2D eigenvalue weighted by Gasteiger charge is 2.61. The van der Waals surface area contributed by atoms with Crippen LogP contribution in [0.2, 0.25) is 0 Å². The number of ketones is 1. The molecule has 1 spiro atoms. The number of carbonyl (C=O) groups is 2. The van der Waals surface area contributed by atoms with Crippen LogP contribution in [0.15, 0.2) is 61.3 Å². The van der Waals surface area contributed by atoms with Crippen molar-refractivity contribution in [2.45, 2.75) is 18.8 Å². The third-order valence-electron chi connectivity index (χ3n) is 6.24. The Morgan fingerprint density at radius 1 is 1.15 bits per heavy atom. The molecule has 0 radical (unpaired) electrons. The molecule has 1 unspecified atom stereocenters. The van der Waals surface area contributed by atoms with Gasteiger partial charge in [-0.2, -0.15) is 4.98 Å². The molecule has 2 heterocycles. The zero-order valence-electron chi connectivity index (χ0n) is 18.5. The standard InChI is InChI=1S/C25H23FN6O2/c1-3-22(34)19-11-25(19)13-28-21-10-17(8-9-18(21)25)30-23-20(26)12-27-24(32-23)31-16-6-4-15(5-7-16)29-14(2)33/h3-10,12,19,28H,1,11,13H2,2H3,(H,29,33)(H2,27,30,31,32)/t19?,25-/m0/s1. The number of carbonyl (C=O) groups excluding carboxylic acids is 2. The fraction of sp³-hybridized carbons (Fsp3) is 0.200. The summed E-state index contributed by atoms with van der Waals surface area (Å²) in [6.07, 6.45) is 3.31. The van der Waals surface area contributed by atoms with E-state index in [2.05, 4.69) is 37.8 Å². The quantitative estimate of drug-likeness (QED) is 0.386. The van der Waals surface area contributed by atoms with E-state index >= 15 is 0 Å². The maximum absolute atomic E-state index is 14.4. The molecule has 9 heteroatoms. The normalized spacial score (nSPS) is 19.6. The lowest BCUT2D eigenvalue weighted by molar-refractivity contribution is -0.116. The van der Waals surface area contributed by atoms with E-state index in [4.69, 9.17) is 0 Å². The van der Waals surface area contributed by atoms with E-state index in [0.29, 0.717) is 23.6 Å². The van der Waals surface area contributed by atoms with Crippen LogP contribution in [0.5, 0.6) is 0 Å². The summed E-state index contributed by atoms with van der Waals surface area (Å²) < 4.78 is 14.4. The van der Waals surface area contributed by atoms with E-state index in [1.54, 1.807) is 24.3 Å². The lowest BCUT2D eigenvalue weighted by Gasteiger charge is -2.12. The van der Waals surface area contributed by atoms with Crippen molar-refractivity contribution >= 4 is 46.2 Å². The van der Waals surface area contributed by atoms with E-state index in [1.165, 1.54) is 13.0 Å². The highest BCUT2D eigenvalue weighted by atomic mass is 19.1. The Morgan fingerprint density at radius 3 is 2.62 bits per heavy atom. The predicted molar refractivity (Wildman–Crippen MR) is 129 cm³/mol. The van der Waals surface area contributed by atoms with Crippen molar-refractivity contribution in [3.8, 4) is 0 Å². The molecule has 3 aromatic rings. The molecule has 1 fully saturated rings. The topological polar surface area (TPSA) is 108 Å². The number of nitrogens with one attached hydrogen (secondary N) is 4. The van der Waals surface area contributed by atoms with Crippen LogP contribution in [-0.2, 0) is 15.0 Å². The van der Waals surface area contributed by atoms with Crippen LogP contribution in [0.4, 0.5) is 38.9 Å². The van der Waals surface area contributed by atoms with Crippen molar-refractivity contribution in [3.05, 3.63) is 72.7 Å². The van der Waals surface area contributed by atoms with Crippen molar-refractivity contribution < 1.29 is 14.0 Å². The first-order valence-corrected chi connectivity index (χ1v) is 10.9. The van der Waals surface area contributed by atoms with Gasteiger partial charge in [0, 0.05) is 47.6 Å². The van der Waals surface area contributed by atoms with Crippen molar-refractivity contribution in [2.75, 3.05) is 27.8 Å². The van der Waals surface area contributed by atoms with Crippen molar-refractivity contribution in [2.24, 2.45) is 5.92 Å². The maximum Gasteiger partial charge on any atom is 0.229 e. The van der Waals surface area contributed by atoms with Gasteiger partial charge in [-0.1, -0.05) is 12.6 Å². The average molecular weight is 458 g/mol. The number of amides is 1. The Bertz CT molecular complexity index is 1310. The van der Waals surface area contributed by atoms with Gasteiger partial charge in [0.2, 0.25) is 11.9 Å². The van der Waals surface area contributed by atoms with Crippen LogP contribution < -0.4 is 21.3 Å². The van der Waals surface area contributed by atoms with Gasteiger partial charge in [0.15, 0.2) is 17.4 Å². The minimum atomic E-state index is -0.588. The van der Waals surface area contributed by atoms with Crippen LogP contribution in [0.25, 0.3) is 0 Å². The largest absolute Gasteiger partial charge is 0.384 e. The molecule has 2 aliphatic rings. The Labute approximate surface area is 195 Å². The van der Waals surface area contributed by atoms with E-state index in [1.807, 2.05) is 18.2 Å². The molecular weight excluding hydrogens is 435 g/mol. The Balaban J connectivity index is 1.31. The number of benzene rings is 2. The number of rotatable bonds is 7. The number of hydrogen-bond donors (Lipinski definition) is 4. The van der Waals surface area contributed by atoms with Crippen LogP contribution in [-0.4, -0.2) is 28.2 Å². The van der Waals surface area contributed by atoms with Crippen molar-refractivity contribution in [1.29, 1.82) is 0 Å². The zero-order valence-corrected chi connectivity index (χ0v) is 18.5. The van der Waals surface area contributed by atoms with Gasteiger partial charge < -0.3 is 21.3 Å². The molecule has 1 aliphatic heterocycles. The summed E-state index contributed by atoms with van der Waals surface area (Å²) in [5.41, 5.74) is 3.89. The molecule has 5 rings (SSSR count). The van der Waals surface area contributed by atoms with Crippen molar-refractivity contribution in [3.63, 3.8) is 0 Å². The van der Waals surface area contributed by atoms with Gasteiger partial charge in [0.25, 0.3) is 0 Å². The van der Waals surface area contributed by atoms with Crippen molar-refractivity contribution in [1.82, 2.24) is 9.97 Å². The van der Waals surface area contributed by atoms with Crippen LogP contribution >= 0.6 is 0 Å². The van der Waals surface area contributed by atoms with E-state index in [-0.39, 0.29) is 34.8 Å². The highest BCUT2D eigenvalue weighted by Crippen LogP contribution is 2.60. The number of aromatic nitrogens is 2. The van der Waals surface area contributed by atoms with Crippen LogP contribution in [0.3, 0.4) is 0 Å². The predicted octanol–water partition coefficient (Wildman–Crippen LogP) is 4.50. The molecule has 172 valence electrons. The summed E-state index contributed by atoms with van der Waals surface area (Å²) in [4.78, 5) is 31.5. The third kappa shape index (κ3) is 3.96. The van der Waals surface area contributed by atoms with Crippen LogP contribution in [0, 0.1) is 11.7 Å². The number of hydrogen-bond acceptors (Lipinski definition) is 7. The van der Waals surface area contributed by atoms with Gasteiger partial charge in [-0.15, -0.1) is 0 Å². The number of fused-ring (bicyclic) bond motifs is 2. The second-order valence-corrected chi connectivity index (χ2v) is 8.53. The van der Waals surface area contributed by atoms with Gasteiger partial charge in [0.05, 0.1) is 6.20 Å². The Kier molecular flexibility index (Phi) is 5.24. The molecule has 1 saturated carbocycles. The number of nitrogens with zero attached hydrogens (tertiary/aromatic N) is 2. The number of anilines is 6. The fourth-order valence-electron chi connectivity index (χ4n) is 4.49. The first kappa shape index (κ1) is 21.6. The van der Waals surface area contributed by atoms with Gasteiger partial charge in [-0.05, 0) is 54.5 Å². The number of allylic oxidation sites excluding steroid dienone is 1. The Morgan fingerprint density at radius 2 is 1.88 bits per heavy atom. The lowest BCUT2D eigenvalue weighted by Crippen LogP contribution is -2.16. The molecule has 0 saturated heterocycles. The molecule has 4 N–H and O–H groups in total. The summed E-state index contributed by atoms with van der Waals surface area (Å²) in [6, 6.07) is 12.7. The van der Waals surface area contributed by atoms with Gasteiger partial charge >= 0.3 is 0 Å². The lowest BCUT2D eigenvalue weighted by atomic mass is 9.94. The molecular formula is C25H23FN6O2. The molecule has 2 atom stereocenters. The monoisotopic (exact) mass is 458 g/mol. The fourth-order valence-corrected chi connectivity index (χ4v) is 4.49. The van der Waals surface area contributed by atoms with Crippen LogP contribution in [0.1, 0.15) is 18.9 Å². The minimum absolute atomic E-state index is 0.0298. The molecule has 8 nitrogen and oxygen atoms in total. The zero-order chi connectivity index (χ0) is 23.9.